The van der Waals surface area contributed by atoms with Gasteiger partial charge in [-0.15, -0.1) is 0 Å². The van der Waals surface area contributed by atoms with Gasteiger partial charge < -0.3 is 0 Å². The molecule has 1 fully saturated rings. The van der Waals surface area contributed by atoms with Crippen LogP contribution in [0.25, 0.3) is 0 Å². The molecule has 1 saturated carbocycles. The summed E-state index contributed by atoms with van der Waals surface area (Å²) in [6.07, 6.45) is 6.71. The number of hydrogen-bond donors (Lipinski definition) is 0. The second-order valence-electron chi connectivity index (χ2n) is 4.45. The maximum atomic E-state index is 4.82. The molecule has 1 aliphatic rings. The lowest BCUT2D eigenvalue weighted by Gasteiger charge is -2.17. The van der Waals surface area contributed by atoms with Crippen molar-refractivity contribution in [1.82, 2.24) is 0 Å². The first-order valence-corrected chi connectivity index (χ1v) is 8.31. The first-order chi connectivity index (χ1) is 8.34. The minimum Gasteiger partial charge on any atom is -0.269 e. The molecule has 0 amide bonds. The number of nitrogens with zero attached hydrogens (tertiary/aromatic N) is 1. The van der Waals surface area contributed by atoms with Crippen LogP contribution in [0.1, 0.15) is 37.7 Å². The van der Waals surface area contributed by atoms with Crippen molar-refractivity contribution < 1.29 is 0 Å². The zero-order valence-corrected chi connectivity index (χ0v) is 12.9. The topological polar surface area (TPSA) is 12.4 Å². The molecule has 2 rings (SSSR count). The maximum Gasteiger partial charge on any atom is 0.129 e. The summed E-state index contributed by atoms with van der Waals surface area (Å²) < 4.78 is 1.22. The SMILES string of the molecule is IC(=NC1CCCCC1)SCc1ccccc1. The predicted molar refractivity (Wildman–Crippen MR) is 86.1 cm³/mol. The van der Waals surface area contributed by atoms with Gasteiger partial charge in [0.15, 0.2) is 0 Å². The van der Waals surface area contributed by atoms with E-state index in [1.807, 2.05) is 11.8 Å². The zero-order valence-electron chi connectivity index (χ0n) is 9.94. The van der Waals surface area contributed by atoms with Crippen molar-refractivity contribution in [2.45, 2.75) is 43.9 Å². The molecule has 0 aromatic heterocycles. The Morgan fingerprint density at radius 2 is 1.88 bits per heavy atom. The van der Waals surface area contributed by atoms with Crippen molar-refractivity contribution in [2.75, 3.05) is 0 Å². The molecule has 0 heterocycles. The molecule has 0 N–H and O–H groups in total. The number of thioether (sulfide) groups is 1. The van der Waals surface area contributed by atoms with E-state index in [1.54, 1.807) is 0 Å². The van der Waals surface area contributed by atoms with Crippen LogP contribution in [-0.4, -0.2) is 9.09 Å². The van der Waals surface area contributed by atoms with Crippen LogP contribution in [0.5, 0.6) is 0 Å². The van der Waals surface area contributed by atoms with Crippen molar-refractivity contribution >= 4 is 37.4 Å². The third kappa shape index (κ3) is 5.00. The minimum absolute atomic E-state index is 0.596. The normalized spacial score (nSPS) is 18.3. The van der Waals surface area contributed by atoms with Crippen LogP contribution < -0.4 is 0 Å². The fraction of sp³-hybridized carbons (Fsp3) is 0.500. The lowest BCUT2D eigenvalue weighted by atomic mass is 9.96. The van der Waals surface area contributed by atoms with Crippen LogP contribution in [0.3, 0.4) is 0 Å². The van der Waals surface area contributed by atoms with E-state index in [9.17, 15) is 0 Å². The lowest BCUT2D eigenvalue weighted by molar-refractivity contribution is 0.444. The first-order valence-electron chi connectivity index (χ1n) is 6.24. The Labute approximate surface area is 122 Å². The minimum atomic E-state index is 0.596. The molecule has 1 aromatic rings. The van der Waals surface area contributed by atoms with Gasteiger partial charge in [-0.3, -0.25) is 4.99 Å². The summed E-state index contributed by atoms with van der Waals surface area (Å²) in [4.78, 5) is 4.82. The lowest BCUT2D eigenvalue weighted by Crippen LogP contribution is -2.10. The third-order valence-corrected chi connectivity index (χ3v) is 5.09. The van der Waals surface area contributed by atoms with Crippen LogP contribution in [0.4, 0.5) is 0 Å². The first kappa shape index (κ1) is 13.4. The van der Waals surface area contributed by atoms with Gasteiger partial charge in [-0.05, 0) is 41.0 Å². The highest BCUT2D eigenvalue weighted by molar-refractivity contribution is 14.1. The summed E-state index contributed by atoms with van der Waals surface area (Å²) >= 11 is 4.24. The Morgan fingerprint density at radius 1 is 1.18 bits per heavy atom. The molecule has 0 radical (unpaired) electrons. The maximum absolute atomic E-state index is 4.82. The molecule has 92 valence electrons. The number of rotatable bonds is 3. The van der Waals surface area contributed by atoms with Gasteiger partial charge in [0.05, 0.1) is 6.04 Å². The summed E-state index contributed by atoms with van der Waals surface area (Å²) in [5.41, 5.74) is 1.38. The number of benzene rings is 1. The molecule has 1 nitrogen and oxygen atoms in total. The molecule has 0 atom stereocenters. The smallest absolute Gasteiger partial charge is 0.129 e. The molecule has 17 heavy (non-hydrogen) atoms. The Morgan fingerprint density at radius 3 is 2.59 bits per heavy atom. The van der Waals surface area contributed by atoms with Crippen LogP contribution >= 0.6 is 34.4 Å². The van der Waals surface area contributed by atoms with Gasteiger partial charge in [0.25, 0.3) is 0 Å². The highest BCUT2D eigenvalue weighted by atomic mass is 127. The standard InChI is InChI=1S/C14H18INS/c15-14(16-13-9-5-2-6-10-13)17-11-12-7-3-1-4-8-12/h1,3-4,7-8,13H,2,5-6,9-11H2. The van der Waals surface area contributed by atoms with Crippen molar-refractivity contribution in [2.24, 2.45) is 4.99 Å². The van der Waals surface area contributed by atoms with Gasteiger partial charge in [0, 0.05) is 5.75 Å². The predicted octanol–water partition coefficient (Wildman–Crippen LogP) is 5.04. The van der Waals surface area contributed by atoms with E-state index in [0.717, 1.165) is 5.75 Å². The second kappa shape index (κ2) is 7.41. The largest absolute Gasteiger partial charge is 0.269 e. The Hall–Kier alpha value is -0.0300. The summed E-state index contributed by atoms with van der Waals surface area (Å²) in [7, 11) is 0. The van der Waals surface area contributed by atoms with Gasteiger partial charge in [-0.1, -0.05) is 61.4 Å². The Bertz CT molecular complexity index is 358. The summed E-state index contributed by atoms with van der Waals surface area (Å²) in [5.74, 6) is 1.04. The van der Waals surface area contributed by atoms with Crippen LogP contribution in [0.15, 0.2) is 35.3 Å². The van der Waals surface area contributed by atoms with E-state index in [-0.39, 0.29) is 0 Å². The molecular formula is C14H18INS. The summed E-state index contributed by atoms with van der Waals surface area (Å²) in [6.45, 7) is 0. The van der Waals surface area contributed by atoms with Gasteiger partial charge in [-0.2, -0.15) is 0 Å². The molecule has 0 bridgehead atoms. The van der Waals surface area contributed by atoms with E-state index in [4.69, 9.17) is 4.99 Å². The van der Waals surface area contributed by atoms with E-state index in [2.05, 4.69) is 52.9 Å². The number of aliphatic imine (C=N–C) groups is 1. The van der Waals surface area contributed by atoms with Crippen LogP contribution in [0.2, 0.25) is 0 Å². The molecule has 0 spiro atoms. The Kier molecular flexibility index (Phi) is 5.85. The second-order valence-corrected chi connectivity index (χ2v) is 7.17. The molecule has 0 aliphatic heterocycles. The van der Waals surface area contributed by atoms with E-state index in [1.165, 1.54) is 40.7 Å². The van der Waals surface area contributed by atoms with Gasteiger partial charge in [0.1, 0.15) is 3.05 Å². The molecule has 1 aromatic carbocycles. The van der Waals surface area contributed by atoms with E-state index in [0.29, 0.717) is 6.04 Å². The van der Waals surface area contributed by atoms with Crippen molar-refractivity contribution in [1.29, 1.82) is 0 Å². The Balaban J connectivity index is 1.80. The quantitative estimate of drug-likeness (QED) is 0.418. The van der Waals surface area contributed by atoms with Crippen molar-refractivity contribution in [3.63, 3.8) is 0 Å². The van der Waals surface area contributed by atoms with Gasteiger partial charge in [0.2, 0.25) is 0 Å². The van der Waals surface area contributed by atoms with Crippen LogP contribution in [-0.2, 0) is 5.75 Å². The molecule has 3 heteroatoms. The molecule has 0 unspecified atom stereocenters. The van der Waals surface area contributed by atoms with E-state index >= 15 is 0 Å². The van der Waals surface area contributed by atoms with Gasteiger partial charge in [-0.25, -0.2) is 0 Å². The van der Waals surface area contributed by atoms with E-state index < -0.39 is 0 Å². The summed E-state index contributed by atoms with van der Waals surface area (Å²) in [5, 5.41) is 0. The molecule has 0 saturated heterocycles. The van der Waals surface area contributed by atoms with Gasteiger partial charge >= 0.3 is 0 Å². The highest BCUT2D eigenvalue weighted by Gasteiger charge is 2.12. The molecular weight excluding hydrogens is 341 g/mol. The zero-order chi connectivity index (χ0) is 11.9. The number of halogens is 1. The van der Waals surface area contributed by atoms with Crippen molar-refractivity contribution in [3.8, 4) is 0 Å². The average Bonchev–Trinajstić information content (AvgIpc) is 2.39. The fourth-order valence-corrected chi connectivity index (χ4v) is 3.67. The monoisotopic (exact) mass is 359 g/mol. The summed E-state index contributed by atoms with van der Waals surface area (Å²) in [6, 6.07) is 11.2. The third-order valence-electron chi connectivity index (χ3n) is 3.06. The van der Waals surface area contributed by atoms with Crippen molar-refractivity contribution in [3.05, 3.63) is 35.9 Å². The highest BCUT2D eigenvalue weighted by Crippen LogP contribution is 2.24. The average molecular weight is 359 g/mol. The van der Waals surface area contributed by atoms with Crippen LogP contribution in [0, 0.1) is 0 Å². The number of hydrogen-bond acceptors (Lipinski definition) is 2. The molecule has 1 aliphatic carbocycles. The fourth-order valence-electron chi connectivity index (χ4n) is 2.11.